The summed E-state index contributed by atoms with van der Waals surface area (Å²) in [5, 5.41) is 9.90. The topological polar surface area (TPSA) is 29.5 Å². The summed E-state index contributed by atoms with van der Waals surface area (Å²) in [5.74, 6) is 0.441. The van der Waals surface area contributed by atoms with Gasteiger partial charge < -0.3 is 9.84 Å². The first-order valence-electron chi connectivity index (χ1n) is 5.74. The van der Waals surface area contributed by atoms with Gasteiger partial charge in [-0.2, -0.15) is 0 Å². The molecule has 0 aromatic carbocycles. The van der Waals surface area contributed by atoms with Gasteiger partial charge in [-0.3, -0.25) is 0 Å². The van der Waals surface area contributed by atoms with Crippen molar-refractivity contribution in [2.45, 2.75) is 64.6 Å². The molecule has 0 spiro atoms. The molecule has 1 fully saturated rings. The van der Waals surface area contributed by atoms with E-state index in [1.54, 1.807) is 0 Å². The molecule has 84 valence electrons. The maximum absolute atomic E-state index is 9.90. The van der Waals surface area contributed by atoms with Crippen LogP contribution in [0.25, 0.3) is 0 Å². The van der Waals surface area contributed by atoms with E-state index in [1.165, 1.54) is 0 Å². The summed E-state index contributed by atoms with van der Waals surface area (Å²) in [6, 6.07) is 0. The molecule has 1 aliphatic carbocycles. The highest BCUT2D eigenvalue weighted by Crippen LogP contribution is 2.39. The molecule has 1 N–H and O–H groups in total. The van der Waals surface area contributed by atoms with Crippen LogP contribution in [-0.2, 0) is 4.74 Å². The lowest BCUT2D eigenvalue weighted by Gasteiger charge is -2.41. The maximum Gasteiger partial charge on any atom is 0.0654 e. The lowest BCUT2D eigenvalue weighted by molar-refractivity contribution is -0.0860. The molecular weight excluding hydrogens is 176 g/mol. The van der Waals surface area contributed by atoms with Gasteiger partial charge in [0.05, 0.1) is 11.2 Å². The van der Waals surface area contributed by atoms with Gasteiger partial charge in [-0.1, -0.05) is 0 Å². The van der Waals surface area contributed by atoms with Crippen LogP contribution in [0.3, 0.4) is 0 Å². The molecule has 0 aromatic rings. The minimum Gasteiger partial charge on any atom is -0.390 e. The van der Waals surface area contributed by atoms with Crippen LogP contribution in [0, 0.1) is 5.92 Å². The summed E-state index contributed by atoms with van der Waals surface area (Å²) in [4.78, 5) is 0. The fourth-order valence-electron chi connectivity index (χ4n) is 2.43. The molecule has 0 unspecified atom stereocenters. The van der Waals surface area contributed by atoms with Crippen LogP contribution >= 0.6 is 0 Å². The standard InChI is InChI=1S/C12H24O2/c1-5-14-12(4)8-6-10(7-9-12)11(2,3)13/h10,13H,5-9H2,1-4H3. The number of ether oxygens (including phenoxy) is 1. The van der Waals surface area contributed by atoms with Gasteiger partial charge in [0.15, 0.2) is 0 Å². The van der Waals surface area contributed by atoms with E-state index < -0.39 is 5.60 Å². The fraction of sp³-hybridized carbons (Fsp3) is 1.00. The number of aliphatic hydroxyl groups is 1. The molecule has 14 heavy (non-hydrogen) atoms. The predicted octanol–water partition coefficient (Wildman–Crippen LogP) is 2.74. The van der Waals surface area contributed by atoms with E-state index in [9.17, 15) is 5.11 Å². The Labute approximate surface area is 87.7 Å². The Bertz CT molecular complexity index is 173. The molecule has 0 atom stereocenters. The molecule has 0 radical (unpaired) electrons. The Morgan fingerprint density at radius 1 is 1.36 bits per heavy atom. The highest BCUT2D eigenvalue weighted by Gasteiger charge is 2.36. The second-order valence-corrected chi connectivity index (χ2v) is 5.31. The lowest BCUT2D eigenvalue weighted by atomic mass is 9.73. The summed E-state index contributed by atoms with van der Waals surface area (Å²) in [6.45, 7) is 8.87. The van der Waals surface area contributed by atoms with Gasteiger partial charge in [-0.05, 0) is 59.3 Å². The van der Waals surface area contributed by atoms with Crippen molar-refractivity contribution in [3.05, 3.63) is 0 Å². The van der Waals surface area contributed by atoms with Crippen LogP contribution in [0.2, 0.25) is 0 Å². The highest BCUT2D eigenvalue weighted by atomic mass is 16.5. The minimum absolute atomic E-state index is 0.0660. The van der Waals surface area contributed by atoms with Gasteiger partial charge in [-0.25, -0.2) is 0 Å². The lowest BCUT2D eigenvalue weighted by Crippen LogP contribution is -2.40. The molecule has 0 amide bonds. The van der Waals surface area contributed by atoms with E-state index in [-0.39, 0.29) is 5.60 Å². The minimum atomic E-state index is -0.520. The Morgan fingerprint density at radius 3 is 2.21 bits per heavy atom. The maximum atomic E-state index is 9.90. The number of hydrogen-bond donors (Lipinski definition) is 1. The van der Waals surface area contributed by atoms with Crippen LogP contribution in [0.5, 0.6) is 0 Å². The Morgan fingerprint density at radius 2 is 1.86 bits per heavy atom. The molecular formula is C12H24O2. The summed E-state index contributed by atoms with van der Waals surface area (Å²) in [5.41, 5.74) is -0.454. The molecule has 0 bridgehead atoms. The molecule has 2 nitrogen and oxygen atoms in total. The van der Waals surface area contributed by atoms with Crippen LogP contribution in [0.1, 0.15) is 53.4 Å². The smallest absolute Gasteiger partial charge is 0.0654 e. The SMILES string of the molecule is CCOC1(C)CCC(C(C)(C)O)CC1. The van der Waals surface area contributed by atoms with E-state index in [0.717, 1.165) is 32.3 Å². The van der Waals surface area contributed by atoms with Gasteiger partial charge in [0.2, 0.25) is 0 Å². The summed E-state index contributed by atoms with van der Waals surface area (Å²) < 4.78 is 5.75. The Balaban J connectivity index is 2.45. The van der Waals surface area contributed by atoms with E-state index in [4.69, 9.17) is 4.74 Å². The van der Waals surface area contributed by atoms with Gasteiger partial charge in [0.1, 0.15) is 0 Å². The van der Waals surface area contributed by atoms with Crippen molar-refractivity contribution in [3.63, 3.8) is 0 Å². The first-order chi connectivity index (χ1) is 6.37. The Kier molecular flexibility index (Phi) is 3.59. The zero-order valence-electron chi connectivity index (χ0n) is 9.97. The average molecular weight is 200 g/mol. The first kappa shape index (κ1) is 12.0. The van der Waals surface area contributed by atoms with E-state index in [2.05, 4.69) is 6.92 Å². The molecule has 0 heterocycles. The highest BCUT2D eigenvalue weighted by molar-refractivity contribution is 4.89. The molecule has 2 heteroatoms. The predicted molar refractivity (Wildman–Crippen MR) is 58.3 cm³/mol. The third-order valence-corrected chi connectivity index (χ3v) is 3.54. The van der Waals surface area contributed by atoms with Crippen molar-refractivity contribution < 1.29 is 9.84 Å². The van der Waals surface area contributed by atoms with Gasteiger partial charge >= 0.3 is 0 Å². The Hall–Kier alpha value is -0.0800. The number of rotatable bonds is 3. The van der Waals surface area contributed by atoms with Crippen LogP contribution < -0.4 is 0 Å². The quantitative estimate of drug-likeness (QED) is 0.759. The second kappa shape index (κ2) is 4.19. The van der Waals surface area contributed by atoms with Crippen molar-refractivity contribution >= 4 is 0 Å². The van der Waals surface area contributed by atoms with Crippen molar-refractivity contribution in [2.75, 3.05) is 6.61 Å². The summed E-state index contributed by atoms with van der Waals surface area (Å²) in [6.07, 6.45) is 4.32. The average Bonchev–Trinajstić information content (AvgIpc) is 2.03. The van der Waals surface area contributed by atoms with Crippen LogP contribution in [-0.4, -0.2) is 22.9 Å². The monoisotopic (exact) mass is 200 g/mol. The zero-order valence-corrected chi connectivity index (χ0v) is 9.97. The van der Waals surface area contributed by atoms with Gasteiger partial charge in [0.25, 0.3) is 0 Å². The van der Waals surface area contributed by atoms with Crippen molar-refractivity contribution in [1.82, 2.24) is 0 Å². The molecule has 0 saturated heterocycles. The van der Waals surface area contributed by atoms with Crippen LogP contribution in [0.15, 0.2) is 0 Å². The van der Waals surface area contributed by atoms with E-state index >= 15 is 0 Å². The molecule has 0 aliphatic heterocycles. The number of hydrogen-bond acceptors (Lipinski definition) is 2. The fourth-order valence-corrected chi connectivity index (χ4v) is 2.43. The summed E-state index contributed by atoms with van der Waals surface area (Å²) >= 11 is 0. The molecule has 1 rings (SSSR count). The van der Waals surface area contributed by atoms with Crippen LogP contribution in [0.4, 0.5) is 0 Å². The van der Waals surface area contributed by atoms with E-state index in [1.807, 2.05) is 20.8 Å². The van der Waals surface area contributed by atoms with Crippen molar-refractivity contribution in [2.24, 2.45) is 5.92 Å². The largest absolute Gasteiger partial charge is 0.390 e. The van der Waals surface area contributed by atoms with Crippen molar-refractivity contribution in [3.8, 4) is 0 Å². The zero-order chi connectivity index (χ0) is 10.8. The molecule has 0 aromatic heterocycles. The third kappa shape index (κ3) is 2.96. The molecule has 1 saturated carbocycles. The van der Waals surface area contributed by atoms with E-state index in [0.29, 0.717) is 5.92 Å². The third-order valence-electron chi connectivity index (χ3n) is 3.54. The normalized spacial score (nSPS) is 34.5. The van der Waals surface area contributed by atoms with Crippen molar-refractivity contribution in [1.29, 1.82) is 0 Å². The second-order valence-electron chi connectivity index (χ2n) is 5.31. The molecule has 1 aliphatic rings. The van der Waals surface area contributed by atoms with Gasteiger partial charge in [0, 0.05) is 6.61 Å². The summed E-state index contributed by atoms with van der Waals surface area (Å²) in [7, 11) is 0. The first-order valence-corrected chi connectivity index (χ1v) is 5.74. The van der Waals surface area contributed by atoms with Gasteiger partial charge in [-0.15, -0.1) is 0 Å².